The van der Waals surface area contributed by atoms with Gasteiger partial charge >= 0.3 is 0 Å². The molecule has 1 fully saturated rings. The number of benzene rings is 1. The Morgan fingerprint density at radius 2 is 2.04 bits per heavy atom. The number of rotatable bonds is 2. The van der Waals surface area contributed by atoms with Crippen LogP contribution in [0.5, 0.6) is 0 Å². The first-order chi connectivity index (χ1) is 13.4. The first kappa shape index (κ1) is 17.0. The zero-order chi connectivity index (χ0) is 19.5. The van der Waals surface area contributed by atoms with Gasteiger partial charge in [-0.25, -0.2) is 0 Å². The number of carbonyl (C=O) groups excluding carboxylic acids is 2. The highest BCUT2D eigenvalue weighted by molar-refractivity contribution is 5.99. The molecule has 2 aliphatic heterocycles. The van der Waals surface area contributed by atoms with Crippen LogP contribution in [0.25, 0.3) is 10.9 Å². The van der Waals surface area contributed by atoms with E-state index in [1.807, 2.05) is 44.8 Å². The lowest BCUT2D eigenvalue weighted by Gasteiger charge is -2.29. The molecular weight excluding hydrogens is 354 g/mol. The molecule has 0 radical (unpaired) electrons. The van der Waals surface area contributed by atoms with E-state index in [0.717, 1.165) is 22.3 Å². The largest absolute Gasteiger partial charge is 0.351 e. The van der Waals surface area contributed by atoms with Crippen molar-refractivity contribution in [1.29, 1.82) is 0 Å². The van der Waals surface area contributed by atoms with Crippen molar-refractivity contribution in [2.75, 3.05) is 18.0 Å². The SMILES string of the molecule is CC1(C)CC(=O)N(c2cnn3c2CN(C(=O)c2cc4ccccc4[nH]2)CC3)C1. The molecule has 0 atom stereocenters. The van der Waals surface area contributed by atoms with E-state index in [2.05, 4.69) is 23.9 Å². The Labute approximate surface area is 162 Å². The molecule has 0 unspecified atom stereocenters. The Kier molecular flexibility index (Phi) is 3.62. The molecule has 5 rings (SSSR count). The van der Waals surface area contributed by atoms with Crippen molar-refractivity contribution < 1.29 is 9.59 Å². The van der Waals surface area contributed by atoms with E-state index in [9.17, 15) is 9.59 Å². The lowest BCUT2D eigenvalue weighted by atomic mass is 9.93. The van der Waals surface area contributed by atoms with Crippen LogP contribution >= 0.6 is 0 Å². The van der Waals surface area contributed by atoms with E-state index in [1.165, 1.54) is 0 Å². The smallest absolute Gasteiger partial charge is 0.270 e. The Morgan fingerprint density at radius 1 is 1.21 bits per heavy atom. The summed E-state index contributed by atoms with van der Waals surface area (Å²) in [6.07, 6.45) is 2.31. The number of hydrogen-bond donors (Lipinski definition) is 1. The van der Waals surface area contributed by atoms with Crippen molar-refractivity contribution in [2.24, 2.45) is 5.41 Å². The number of fused-ring (bicyclic) bond motifs is 2. The van der Waals surface area contributed by atoms with E-state index < -0.39 is 0 Å². The van der Waals surface area contributed by atoms with Crippen LogP contribution in [-0.2, 0) is 17.9 Å². The first-order valence-electron chi connectivity index (χ1n) is 9.63. The molecule has 1 saturated heterocycles. The fourth-order valence-corrected chi connectivity index (χ4v) is 4.29. The lowest BCUT2D eigenvalue weighted by Crippen LogP contribution is -2.39. The van der Waals surface area contributed by atoms with E-state index in [4.69, 9.17) is 0 Å². The molecule has 7 nitrogen and oxygen atoms in total. The zero-order valence-electron chi connectivity index (χ0n) is 16.1. The molecule has 2 amide bonds. The third-order valence-electron chi connectivity index (χ3n) is 5.70. The minimum Gasteiger partial charge on any atom is -0.351 e. The van der Waals surface area contributed by atoms with Crippen LogP contribution in [-0.4, -0.2) is 44.6 Å². The number of para-hydroxylation sites is 1. The summed E-state index contributed by atoms with van der Waals surface area (Å²) in [7, 11) is 0. The summed E-state index contributed by atoms with van der Waals surface area (Å²) in [6.45, 7) is 6.57. The average Bonchev–Trinajstić information content (AvgIpc) is 3.34. The van der Waals surface area contributed by atoms with Crippen molar-refractivity contribution in [1.82, 2.24) is 19.7 Å². The summed E-state index contributed by atoms with van der Waals surface area (Å²) in [4.78, 5) is 32.5. The second-order valence-electron chi connectivity index (χ2n) is 8.52. The van der Waals surface area contributed by atoms with Gasteiger partial charge in [-0.1, -0.05) is 32.0 Å². The third-order valence-corrected chi connectivity index (χ3v) is 5.70. The second-order valence-corrected chi connectivity index (χ2v) is 8.52. The van der Waals surface area contributed by atoms with Gasteiger partial charge in [0.25, 0.3) is 5.91 Å². The minimum absolute atomic E-state index is 0.0253. The molecular formula is C21H23N5O2. The molecule has 144 valence electrons. The predicted octanol–water partition coefficient (Wildman–Crippen LogP) is 2.78. The van der Waals surface area contributed by atoms with E-state index in [-0.39, 0.29) is 17.2 Å². The number of aromatic amines is 1. The van der Waals surface area contributed by atoms with E-state index in [1.54, 1.807) is 6.20 Å². The molecule has 7 heteroatoms. The Bertz CT molecular complexity index is 1060. The van der Waals surface area contributed by atoms with Crippen LogP contribution in [0.1, 0.15) is 36.5 Å². The van der Waals surface area contributed by atoms with Gasteiger partial charge in [0.05, 0.1) is 30.7 Å². The highest BCUT2D eigenvalue weighted by Gasteiger charge is 2.39. The average molecular weight is 377 g/mol. The van der Waals surface area contributed by atoms with Crippen LogP contribution in [0.2, 0.25) is 0 Å². The second kappa shape index (κ2) is 5.95. The van der Waals surface area contributed by atoms with Crippen molar-refractivity contribution in [2.45, 2.75) is 33.4 Å². The van der Waals surface area contributed by atoms with E-state index in [0.29, 0.717) is 38.3 Å². The van der Waals surface area contributed by atoms with Gasteiger partial charge in [0, 0.05) is 30.4 Å². The monoisotopic (exact) mass is 377 g/mol. The lowest BCUT2D eigenvalue weighted by molar-refractivity contribution is -0.117. The normalized spacial score (nSPS) is 18.7. The summed E-state index contributed by atoms with van der Waals surface area (Å²) in [5.74, 6) is 0.0996. The maximum absolute atomic E-state index is 13.1. The Balaban J connectivity index is 1.43. The number of amides is 2. The number of carbonyl (C=O) groups is 2. The van der Waals surface area contributed by atoms with Crippen LogP contribution < -0.4 is 4.90 Å². The maximum Gasteiger partial charge on any atom is 0.270 e. The third kappa shape index (κ3) is 2.69. The number of aromatic nitrogens is 3. The molecule has 0 bridgehead atoms. The molecule has 2 aromatic heterocycles. The van der Waals surface area contributed by atoms with Crippen LogP contribution in [0.15, 0.2) is 36.5 Å². The van der Waals surface area contributed by atoms with Crippen molar-refractivity contribution in [3.8, 4) is 0 Å². The molecule has 28 heavy (non-hydrogen) atoms. The van der Waals surface area contributed by atoms with Crippen molar-refractivity contribution >= 4 is 28.4 Å². The van der Waals surface area contributed by atoms with Gasteiger partial charge in [0.1, 0.15) is 5.69 Å². The molecule has 3 aromatic rings. The van der Waals surface area contributed by atoms with Gasteiger partial charge in [-0.15, -0.1) is 0 Å². The summed E-state index contributed by atoms with van der Waals surface area (Å²) in [6, 6.07) is 9.78. The molecule has 0 aliphatic carbocycles. The van der Waals surface area contributed by atoms with Gasteiger partial charge in [0.2, 0.25) is 5.91 Å². The number of H-pyrrole nitrogens is 1. The van der Waals surface area contributed by atoms with Gasteiger partial charge in [0.15, 0.2) is 0 Å². The van der Waals surface area contributed by atoms with Crippen molar-refractivity contribution in [3.63, 3.8) is 0 Å². The first-order valence-corrected chi connectivity index (χ1v) is 9.63. The standard InChI is InChI=1S/C21H23N5O2/c1-21(2)10-19(27)25(13-21)17-11-22-26-8-7-24(12-18(17)26)20(28)16-9-14-5-3-4-6-15(14)23-16/h3-6,9,11,23H,7-8,10,12-13H2,1-2H3. The molecule has 1 aromatic carbocycles. The van der Waals surface area contributed by atoms with Gasteiger partial charge in [-0.05, 0) is 17.5 Å². The van der Waals surface area contributed by atoms with Gasteiger partial charge in [-0.3, -0.25) is 14.3 Å². The Morgan fingerprint density at radius 3 is 2.79 bits per heavy atom. The summed E-state index contributed by atoms with van der Waals surface area (Å²) < 4.78 is 1.92. The minimum atomic E-state index is -0.0412. The molecule has 0 spiro atoms. The number of hydrogen-bond acceptors (Lipinski definition) is 3. The Hall–Kier alpha value is -3.09. The van der Waals surface area contributed by atoms with Gasteiger partial charge < -0.3 is 14.8 Å². The molecule has 0 saturated carbocycles. The quantitative estimate of drug-likeness (QED) is 0.746. The van der Waals surface area contributed by atoms with Crippen LogP contribution in [0.4, 0.5) is 5.69 Å². The summed E-state index contributed by atoms with van der Waals surface area (Å²) >= 11 is 0. The summed E-state index contributed by atoms with van der Waals surface area (Å²) in [5.41, 5.74) is 3.28. The topological polar surface area (TPSA) is 74.2 Å². The fourth-order valence-electron chi connectivity index (χ4n) is 4.29. The molecule has 2 aliphatic rings. The van der Waals surface area contributed by atoms with E-state index >= 15 is 0 Å². The summed E-state index contributed by atoms with van der Waals surface area (Å²) in [5, 5.41) is 5.49. The number of nitrogens with zero attached hydrogens (tertiary/aromatic N) is 4. The molecule has 1 N–H and O–H groups in total. The maximum atomic E-state index is 13.1. The highest BCUT2D eigenvalue weighted by atomic mass is 16.2. The fraction of sp³-hybridized carbons (Fsp3) is 0.381. The highest BCUT2D eigenvalue weighted by Crippen LogP contribution is 2.36. The predicted molar refractivity (Wildman–Crippen MR) is 106 cm³/mol. The molecule has 4 heterocycles. The van der Waals surface area contributed by atoms with Crippen molar-refractivity contribution in [3.05, 3.63) is 47.9 Å². The van der Waals surface area contributed by atoms with Crippen LogP contribution in [0, 0.1) is 5.41 Å². The zero-order valence-corrected chi connectivity index (χ0v) is 16.1. The number of anilines is 1. The van der Waals surface area contributed by atoms with Gasteiger partial charge in [-0.2, -0.15) is 5.10 Å². The van der Waals surface area contributed by atoms with Crippen LogP contribution in [0.3, 0.4) is 0 Å². The number of nitrogens with one attached hydrogen (secondary N) is 1.